The minimum atomic E-state index is 0.261. The second kappa shape index (κ2) is 6.72. The van der Waals surface area contributed by atoms with Crippen molar-refractivity contribution >= 4 is 0 Å². The summed E-state index contributed by atoms with van der Waals surface area (Å²) in [7, 11) is 2.22. The zero-order chi connectivity index (χ0) is 12.9. The van der Waals surface area contributed by atoms with Crippen molar-refractivity contribution < 1.29 is 0 Å². The fourth-order valence-corrected chi connectivity index (χ4v) is 2.31. The van der Waals surface area contributed by atoms with E-state index in [0.717, 1.165) is 12.6 Å². The highest BCUT2D eigenvalue weighted by atomic mass is 15.3. The maximum Gasteiger partial charge on any atom is 0.0113 e. The number of nitrogens with one attached hydrogen (secondary N) is 1. The number of hydrogen-bond acceptors (Lipinski definition) is 3. The van der Waals surface area contributed by atoms with Crippen LogP contribution in [-0.4, -0.2) is 61.2 Å². The van der Waals surface area contributed by atoms with E-state index in [2.05, 4.69) is 49.9 Å². The van der Waals surface area contributed by atoms with Gasteiger partial charge in [-0.15, -0.1) is 0 Å². The number of likely N-dealkylation sites (N-methyl/N-ethyl adjacent to an activating group) is 1. The van der Waals surface area contributed by atoms with Gasteiger partial charge in [-0.25, -0.2) is 0 Å². The molecule has 17 heavy (non-hydrogen) atoms. The Morgan fingerprint density at radius 1 is 1.12 bits per heavy atom. The largest absolute Gasteiger partial charge is 0.312 e. The van der Waals surface area contributed by atoms with E-state index >= 15 is 0 Å². The van der Waals surface area contributed by atoms with Crippen LogP contribution in [0.25, 0.3) is 0 Å². The molecule has 3 heteroatoms. The Kier molecular flexibility index (Phi) is 5.90. The van der Waals surface area contributed by atoms with Crippen molar-refractivity contribution in [1.82, 2.24) is 15.1 Å². The highest BCUT2D eigenvalue weighted by Gasteiger charge is 2.18. The Bertz CT molecular complexity index is 202. The molecule has 1 aliphatic heterocycles. The molecule has 0 spiro atoms. The summed E-state index contributed by atoms with van der Waals surface area (Å²) in [5, 5.41) is 3.56. The standard InChI is InChI=1S/C14H31N3/c1-13(7-6-8-15-14(2,3)4)17-11-9-16(5)10-12-17/h13,15H,6-12H2,1-5H3. The van der Waals surface area contributed by atoms with Gasteiger partial charge in [0, 0.05) is 37.8 Å². The van der Waals surface area contributed by atoms with E-state index in [1.807, 2.05) is 0 Å². The number of hydrogen-bond donors (Lipinski definition) is 1. The monoisotopic (exact) mass is 241 g/mol. The van der Waals surface area contributed by atoms with Crippen LogP contribution in [0, 0.1) is 0 Å². The molecule has 0 bridgehead atoms. The quantitative estimate of drug-likeness (QED) is 0.740. The lowest BCUT2D eigenvalue weighted by molar-refractivity contribution is 0.113. The number of rotatable bonds is 5. The summed E-state index contributed by atoms with van der Waals surface area (Å²) in [5.41, 5.74) is 0.261. The third-order valence-electron chi connectivity index (χ3n) is 3.62. The number of nitrogens with zero attached hydrogens (tertiary/aromatic N) is 2. The second-order valence-electron chi connectivity index (χ2n) is 6.51. The van der Waals surface area contributed by atoms with Gasteiger partial charge in [0.05, 0.1) is 0 Å². The first-order valence-corrected chi connectivity index (χ1v) is 7.06. The topological polar surface area (TPSA) is 18.5 Å². The van der Waals surface area contributed by atoms with Gasteiger partial charge in [-0.3, -0.25) is 4.90 Å². The van der Waals surface area contributed by atoms with Crippen LogP contribution < -0.4 is 5.32 Å². The highest BCUT2D eigenvalue weighted by molar-refractivity contribution is 4.75. The van der Waals surface area contributed by atoms with E-state index in [1.54, 1.807) is 0 Å². The summed E-state index contributed by atoms with van der Waals surface area (Å²) in [5.74, 6) is 0. The van der Waals surface area contributed by atoms with E-state index in [-0.39, 0.29) is 5.54 Å². The molecule has 0 aromatic rings. The molecule has 1 N–H and O–H groups in total. The Labute approximate surface area is 108 Å². The summed E-state index contributed by atoms with van der Waals surface area (Å²) in [6.07, 6.45) is 2.59. The van der Waals surface area contributed by atoms with Crippen LogP contribution in [0.2, 0.25) is 0 Å². The minimum Gasteiger partial charge on any atom is -0.312 e. The zero-order valence-corrected chi connectivity index (χ0v) is 12.4. The van der Waals surface area contributed by atoms with Crippen LogP contribution in [0.15, 0.2) is 0 Å². The first-order valence-electron chi connectivity index (χ1n) is 7.06. The number of piperazine rings is 1. The molecule has 0 radical (unpaired) electrons. The van der Waals surface area contributed by atoms with Gasteiger partial charge in [0.2, 0.25) is 0 Å². The summed E-state index contributed by atoms with van der Waals surface area (Å²) >= 11 is 0. The van der Waals surface area contributed by atoms with Crippen molar-refractivity contribution in [3.05, 3.63) is 0 Å². The maximum atomic E-state index is 3.56. The first-order chi connectivity index (χ1) is 7.88. The van der Waals surface area contributed by atoms with Crippen LogP contribution >= 0.6 is 0 Å². The van der Waals surface area contributed by atoms with Gasteiger partial charge in [-0.1, -0.05) is 0 Å². The molecule has 1 rings (SSSR count). The molecule has 102 valence electrons. The van der Waals surface area contributed by atoms with E-state index in [1.165, 1.54) is 39.0 Å². The molecule has 0 amide bonds. The van der Waals surface area contributed by atoms with Gasteiger partial charge in [0.25, 0.3) is 0 Å². The Morgan fingerprint density at radius 2 is 1.71 bits per heavy atom. The molecule has 0 saturated carbocycles. The van der Waals surface area contributed by atoms with E-state index < -0.39 is 0 Å². The van der Waals surface area contributed by atoms with Gasteiger partial charge < -0.3 is 10.2 Å². The molecule has 1 unspecified atom stereocenters. The average Bonchev–Trinajstić information content (AvgIpc) is 2.24. The SMILES string of the molecule is CC(CCCNC(C)(C)C)N1CCN(C)CC1. The summed E-state index contributed by atoms with van der Waals surface area (Å²) in [6, 6.07) is 0.741. The van der Waals surface area contributed by atoms with Gasteiger partial charge in [0.15, 0.2) is 0 Å². The Morgan fingerprint density at radius 3 is 2.24 bits per heavy atom. The predicted octanol–water partition coefficient (Wildman–Crippen LogP) is 1.79. The third kappa shape index (κ3) is 6.39. The molecular weight excluding hydrogens is 210 g/mol. The molecule has 1 fully saturated rings. The lowest BCUT2D eigenvalue weighted by Gasteiger charge is -2.36. The van der Waals surface area contributed by atoms with Crippen LogP contribution in [0.1, 0.15) is 40.5 Å². The summed E-state index contributed by atoms with van der Waals surface area (Å²) in [4.78, 5) is 5.06. The Balaban J connectivity index is 2.10. The Hall–Kier alpha value is -0.120. The molecule has 3 nitrogen and oxygen atoms in total. The van der Waals surface area contributed by atoms with Crippen LogP contribution in [0.4, 0.5) is 0 Å². The molecule has 0 aromatic heterocycles. The minimum absolute atomic E-state index is 0.261. The van der Waals surface area contributed by atoms with E-state index in [9.17, 15) is 0 Å². The van der Waals surface area contributed by atoms with Gasteiger partial charge in [0.1, 0.15) is 0 Å². The zero-order valence-electron chi connectivity index (χ0n) is 12.4. The van der Waals surface area contributed by atoms with Gasteiger partial charge >= 0.3 is 0 Å². The van der Waals surface area contributed by atoms with E-state index in [0.29, 0.717) is 0 Å². The van der Waals surface area contributed by atoms with Crippen molar-refractivity contribution in [2.75, 3.05) is 39.8 Å². The van der Waals surface area contributed by atoms with Crippen molar-refractivity contribution in [1.29, 1.82) is 0 Å². The van der Waals surface area contributed by atoms with Crippen LogP contribution in [0.3, 0.4) is 0 Å². The molecule has 1 atom stereocenters. The predicted molar refractivity (Wildman–Crippen MR) is 75.5 cm³/mol. The summed E-state index contributed by atoms with van der Waals surface area (Å²) in [6.45, 7) is 15.2. The van der Waals surface area contributed by atoms with Gasteiger partial charge in [-0.05, 0) is 54.1 Å². The fourth-order valence-electron chi connectivity index (χ4n) is 2.31. The maximum absolute atomic E-state index is 3.56. The van der Waals surface area contributed by atoms with Gasteiger partial charge in [-0.2, -0.15) is 0 Å². The molecule has 0 aromatic carbocycles. The highest BCUT2D eigenvalue weighted by Crippen LogP contribution is 2.10. The smallest absolute Gasteiger partial charge is 0.0113 e. The van der Waals surface area contributed by atoms with Crippen molar-refractivity contribution in [3.63, 3.8) is 0 Å². The van der Waals surface area contributed by atoms with Crippen LogP contribution in [-0.2, 0) is 0 Å². The molecular formula is C14H31N3. The average molecular weight is 241 g/mol. The van der Waals surface area contributed by atoms with E-state index in [4.69, 9.17) is 0 Å². The first kappa shape index (κ1) is 14.9. The fraction of sp³-hybridized carbons (Fsp3) is 1.00. The molecule has 1 heterocycles. The summed E-state index contributed by atoms with van der Waals surface area (Å²) < 4.78 is 0. The molecule has 1 saturated heterocycles. The lowest BCUT2D eigenvalue weighted by atomic mass is 10.1. The second-order valence-corrected chi connectivity index (χ2v) is 6.51. The van der Waals surface area contributed by atoms with Crippen molar-refractivity contribution in [2.24, 2.45) is 0 Å². The van der Waals surface area contributed by atoms with Crippen LogP contribution in [0.5, 0.6) is 0 Å². The lowest BCUT2D eigenvalue weighted by Crippen LogP contribution is -2.48. The van der Waals surface area contributed by atoms with Crippen molar-refractivity contribution in [3.8, 4) is 0 Å². The molecule has 1 aliphatic rings. The molecule has 0 aliphatic carbocycles. The third-order valence-corrected chi connectivity index (χ3v) is 3.62. The van der Waals surface area contributed by atoms with Crippen molar-refractivity contribution in [2.45, 2.75) is 52.1 Å². The normalized spacial score (nSPS) is 21.7.